The van der Waals surface area contributed by atoms with Crippen molar-refractivity contribution in [2.45, 2.75) is 44.8 Å². The van der Waals surface area contributed by atoms with E-state index in [2.05, 4.69) is 10.4 Å². The summed E-state index contributed by atoms with van der Waals surface area (Å²) in [6.45, 7) is 0.537. The first-order chi connectivity index (χ1) is 18.1. The Labute approximate surface area is 212 Å². The van der Waals surface area contributed by atoms with Gasteiger partial charge < -0.3 is 5.32 Å². The molecule has 5 aromatic rings. The highest BCUT2D eigenvalue weighted by molar-refractivity contribution is 5.98. The van der Waals surface area contributed by atoms with Crippen molar-refractivity contribution in [2.24, 2.45) is 0 Å². The standard InChI is InChI=1S/C29H27N5O3/c35-26(30-23-13-7-8-14-23)22-15-16-24-25(17-22)34-28(32(27(24)36)18-20-9-3-1-4-10-20)31-33(29(34)37)19-21-11-5-2-6-12-21/h1-6,9-12,15-17,23H,7-8,13-14,18-19H2,(H,30,35). The van der Waals surface area contributed by atoms with E-state index in [1.807, 2.05) is 60.7 Å². The molecule has 6 rings (SSSR count). The van der Waals surface area contributed by atoms with Gasteiger partial charge in [0.2, 0.25) is 5.78 Å². The summed E-state index contributed by atoms with van der Waals surface area (Å²) in [5, 5.41) is 8.05. The van der Waals surface area contributed by atoms with Crippen LogP contribution in [0.1, 0.15) is 47.2 Å². The van der Waals surface area contributed by atoms with E-state index in [1.165, 1.54) is 13.6 Å². The van der Waals surface area contributed by atoms with Crippen molar-refractivity contribution >= 4 is 22.6 Å². The molecule has 1 aliphatic carbocycles. The molecule has 37 heavy (non-hydrogen) atoms. The van der Waals surface area contributed by atoms with Gasteiger partial charge >= 0.3 is 5.69 Å². The lowest BCUT2D eigenvalue weighted by atomic mass is 10.1. The molecule has 1 saturated carbocycles. The van der Waals surface area contributed by atoms with Crippen molar-refractivity contribution in [3.05, 3.63) is 116 Å². The molecule has 2 heterocycles. The molecule has 0 saturated heterocycles. The van der Waals surface area contributed by atoms with Crippen molar-refractivity contribution in [3.8, 4) is 0 Å². The van der Waals surface area contributed by atoms with Crippen molar-refractivity contribution in [3.63, 3.8) is 0 Å². The smallest absolute Gasteiger partial charge is 0.349 e. The largest absolute Gasteiger partial charge is 0.352 e. The second-order valence-corrected chi connectivity index (χ2v) is 9.62. The Balaban J connectivity index is 1.53. The Morgan fingerprint density at radius 2 is 1.51 bits per heavy atom. The van der Waals surface area contributed by atoms with Gasteiger partial charge in [0.05, 0.1) is 24.0 Å². The van der Waals surface area contributed by atoms with Crippen molar-refractivity contribution in [1.82, 2.24) is 24.1 Å². The molecule has 8 nitrogen and oxygen atoms in total. The topological polar surface area (TPSA) is 90.4 Å². The molecule has 0 unspecified atom stereocenters. The van der Waals surface area contributed by atoms with Crippen LogP contribution in [-0.4, -0.2) is 30.7 Å². The number of amides is 1. The van der Waals surface area contributed by atoms with Crippen LogP contribution >= 0.6 is 0 Å². The molecule has 1 N–H and O–H groups in total. The lowest BCUT2D eigenvalue weighted by Gasteiger charge is -2.13. The van der Waals surface area contributed by atoms with E-state index in [4.69, 9.17) is 0 Å². The highest BCUT2D eigenvalue weighted by Gasteiger charge is 2.21. The molecule has 0 radical (unpaired) electrons. The van der Waals surface area contributed by atoms with Gasteiger partial charge in [-0.05, 0) is 42.2 Å². The number of benzene rings is 3. The van der Waals surface area contributed by atoms with Gasteiger partial charge in [-0.25, -0.2) is 13.9 Å². The molecule has 1 fully saturated rings. The van der Waals surface area contributed by atoms with Crippen LogP contribution in [-0.2, 0) is 13.1 Å². The molecule has 2 aromatic heterocycles. The summed E-state index contributed by atoms with van der Waals surface area (Å²) in [6.07, 6.45) is 4.17. The van der Waals surface area contributed by atoms with Crippen LogP contribution in [0.2, 0.25) is 0 Å². The van der Waals surface area contributed by atoms with Gasteiger partial charge in [0.15, 0.2) is 0 Å². The monoisotopic (exact) mass is 493 g/mol. The zero-order chi connectivity index (χ0) is 25.4. The van der Waals surface area contributed by atoms with E-state index in [-0.39, 0.29) is 42.1 Å². The molecule has 1 amide bonds. The molecule has 186 valence electrons. The molecule has 0 atom stereocenters. The van der Waals surface area contributed by atoms with Crippen molar-refractivity contribution < 1.29 is 4.79 Å². The van der Waals surface area contributed by atoms with Crippen molar-refractivity contribution in [2.75, 3.05) is 0 Å². The van der Waals surface area contributed by atoms with Crippen LogP contribution in [0.5, 0.6) is 0 Å². The zero-order valence-corrected chi connectivity index (χ0v) is 20.3. The maximum absolute atomic E-state index is 13.7. The fourth-order valence-electron chi connectivity index (χ4n) is 5.16. The van der Waals surface area contributed by atoms with Gasteiger partial charge in [-0.15, -0.1) is 5.10 Å². The van der Waals surface area contributed by atoms with E-state index in [1.54, 1.807) is 18.2 Å². The number of carbonyl (C=O) groups is 1. The number of carbonyl (C=O) groups excluding carboxylic acids is 1. The van der Waals surface area contributed by atoms with Gasteiger partial charge in [-0.3, -0.25) is 14.2 Å². The Morgan fingerprint density at radius 1 is 0.865 bits per heavy atom. The minimum absolute atomic E-state index is 0.165. The fraction of sp³-hybridized carbons (Fsp3) is 0.241. The number of nitrogens with one attached hydrogen (secondary N) is 1. The van der Waals surface area contributed by atoms with Crippen LogP contribution in [0.3, 0.4) is 0 Å². The second kappa shape index (κ2) is 9.54. The van der Waals surface area contributed by atoms with Crippen LogP contribution in [0.25, 0.3) is 16.7 Å². The normalized spacial score (nSPS) is 13.9. The summed E-state index contributed by atoms with van der Waals surface area (Å²) < 4.78 is 4.35. The Bertz CT molecular complexity index is 1710. The van der Waals surface area contributed by atoms with E-state index in [0.29, 0.717) is 16.5 Å². The Hall–Kier alpha value is -4.46. The number of hydrogen-bond acceptors (Lipinski definition) is 4. The third kappa shape index (κ3) is 4.35. The Kier molecular flexibility index (Phi) is 5.92. The van der Waals surface area contributed by atoms with Gasteiger partial charge in [-0.2, -0.15) is 0 Å². The SMILES string of the molecule is O=C(NC1CCCC1)c1ccc2c(=O)n(Cc3ccccc3)c3nn(Cc4ccccc4)c(=O)n3c2c1. The number of nitrogens with zero attached hydrogens (tertiary/aromatic N) is 4. The van der Waals surface area contributed by atoms with Crippen molar-refractivity contribution in [1.29, 1.82) is 0 Å². The summed E-state index contributed by atoms with van der Waals surface area (Å²) in [5.41, 5.74) is 2.02. The maximum atomic E-state index is 13.7. The minimum Gasteiger partial charge on any atom is -0.349 e. The molecule has 0 bridgehead atoms. The summed E-state index contributed by atoms with van der Waals surface area (Å²) in [4.78, 5) is 40.4. The molecule has 8 heteroatoms. The van der Waals surface area contributed by atoms with E-state index in [0.717, 1.165) is 36.8 Å². The second-order valence-electron chi connectivity index (χ2n) is 9.62. The van der Waals surface area contributed by atoms with Crippen LogP contribution < -0.4 is 16.6 Å². The summed E-state index contributed by atoms with van der Waals surface area (Å²) in [7, 11) is 0. The van der Waals surface area contributed by atoms with Gasteiger partial charge in [-0.1, -0.05) is 73.5 Å². The van der Waals surface area contributed by atoms with Gasteiger partial charge in [0.1, 0.15) is 0 Å². The predicted octanol–water partition coefficient (Wildman–Crippen LogP) is 3.58. The van der Waals surface area contributed by atoms with E-state index < -0.39 is 0 Å². The van der Waals surface area contributed by atoms with E-state index in [9.17, 15) is 14.4 Å². The average molecular weight is 494 g/mol. The first kappa shape index (κ1) is 23.0. The van der Waals surface area contributed by atoms with E-state index >= 15 is 0 Å². The summed E-state index contributed by atoms with van der Waals surface area (Å²) in [5.74, 6) is 0.0516. The minimum atomic E-state index is -0.362. The molecular formula is C29H27N5O3. The summed E-state index contributed by atoms with van der Waals surface area (Å²) >= 11 is 0. The number of rotatable bonds is 6. The van der Waals surface area contributed by atoms with Crippen LogP contribution in [0.15, 0.2) is 88.5 Å². The first-order valence-electron chi connectivity index (χ1n) is 12.6. The number of aromatic nitrogens is 4. The highest BCUT2D eigenvalue weighted by Crippen LogP contribution is 2.20. The lowest BCUT2D eigenvalue weighted by molar-refractivity contribution is 0.0938. The van der Waals surface area contributed by atoms with Crippen LogP contribution in [0, 0.1) is 0 Å². The predicted molar refractivity (Wildman–Crippen MR) is 142 cm³/mol. The maximum Gasteiger partial charge on any atom is 0.352 e. The quantitative estimate of drug-likeness (QED) is 0.392. The third-order valence-electron chi connectivity index (χ3n) is 7.09. The first-order valence-corrected chi connectivity index (χ1v) is 12.6. The van der Waals surface area contributed by atoms with Gasteiger partial charge in [0, 0.05) is 11.6 Å². The van der Waals surface area contributed by atoms with Crippen LogP contribution in [0.4, 0.5) is 0 Å². The number of fused-ring (bicyclic) bond motifs is 3. The lowest BCUT2D eigenvalue weighted by Crippen LogP contribution is -2.33. The molecule has 1 aliphatic rings. The zero-order valence-electron chi connectivity index (χ0n) is 20.3. The Morgan fingerprint density at radius 3 is 2.19 bits per heavy atom. The molecule has 3 aromatic carbocycles. The third-order valence-corrected chi connectivity index (χ3v) is 7.09. The van der Waals surface area contributed by atoms with Gasteiger partial charge in [0.25, 0.3) is 11.5 Å². The molecule has 0 aliphatic heterocycles. The molecular weight excluding hydrogens is 466 g/mol. The molecule has 0 spiro atoms. The number of hydrogen-bond donors (Lipinski definition) is 1. The summed E-state index contributed by atoms with van der Waals surface area (Å²) in [6, 6.07) is 24.3. The average Bonchev–Trinajstić information content (AvgIpc) is 3.55. The highest BCUT2D eigenvalue weighted by atomic mass is 16.2. The fourth-order valence-corrected chi connectivity index (χ4v) is 5.16.